The molecule has 0 saturated heterocycles. The van der Waals surface area contributed by atoms with E-state index in [1.165, 1.54) is 0 Å². The van der Waals surface area contributed by atoms with E-state index in [1.54, 1.807) is 6.07 Å². The first kappa shape index (κ1) is 11.7. The van der Waals surface area contributed by atoms with Crippen molar-refractivity contribution in [3.8, 4) is 0 Å². The van der Waals surface area contributed by atoms with Gasteiger partial charge in [0.2, 0.25) is 0 Å². The Morgan fingerprint density at radius 3 is 2.94 bits per heavy atom. The molecule has 0 aliphatic carbocycles. The van der Waals surface area contributed by atoms with E-state index in [1.807, 2.05) is 24.3 Å². The van der Waals surface area contributed by atoms with Gasteiger partial charge in [0.15, 0.2) is 5.76 Å². The number of benzene rings is 1. The van der Waals surface area contributed by atoms with E-state index < -0.39 is 0 Å². The Balaban J connectivity index is 1.99. The largest absolute Gasteiger partial charge is 0.451 e. The van der Waals surface area contributed by atoms with Crippen LogP contribution in [0.25, 0.3) is 11.0 Å². The molecule has 4 heteroatoms. The summed E-state index contributed by atoms with van der Waals surface area (Å²) < 4.78 is 5.43. The van der Waals surface area contributed by atoms with Crippen LogP contribution in [0.15, 0.2) is 34.7 Å². The summed E-state index contributed by atoms with van der Waals surface area (Å²) in [5.41, 5.74) is 6.21. The molecule has 0 atom stereocenters. The number of para-hydroxylation sites is 1. The maximum absolute atomic E-state index is 11.7. The van der Waals surface area contributed by atoms with Crippen LogP contribution < -0.4 is 10.9 Å². The molecule has 1 heterocycles. The maximum Gasteiger partial charge on any atom is 0.301 e. The molecule has 0 unspecified atom stereocenters. The second-order valence-corrected chi connectivity index (χ2v) is 3.88. The van der Waals surface area contributed by atoms with E-state index in [0.717, 1.165) is 30.4 Å². The lowest BCUT2D eigenvalue weighted by molar-refractivity contribution is 0.0907. The summed E-state index contributed by atoms with van der Waals surface area (Å²) >= 11 is 0. The molecule has 4 nitrogen and oxygen atoms in total. The zero-order valence-corrected chi connectivity index (χ0v) is 9.82. The van der Waals surface area contributed by atoms with Gasteiger partial charge in [0.25, 0.3) is 0 Å². The molecule has 0 aliphatic heterocycles. The summed E-state index contributed by atoms with van der Waals surface area (Å²) in [7, 11) is 0. The molecule has 0 aliphatic rings. The lowest BCUT2D eigenvalue weighted by Crippen LogP contribution is -2.37. The number of unbranched alkanes of at least 4 members (excludes halogenated alkanes) is 1. The van der Waals surface area contributed by atoms with Crippen LogP contribution in [0.3, 0.4) is 0 Å². The highest BCUT2D eigenvalue weighted by Crippen LogP contribution is 2.18. The first-order chi connectivity index (χ1) is 8.31. The summed E-state index contributed by atoms with van der Waals surface area (Å²) in [6, 6.07) is 9.30. The Labute approximate surface area is 100.0 Å². The Morgan fingerprint density at radius 2 is 2.18 bits per heavy atom. The maximum atomic E-state index is 11.7. The Bertz CT molecular complexity index is 472. The fourth-order valence-corrected chi connectivity index (χ4v) is 1.56. The van der Waals surface area contributed by atoms with Crippen LogP contribution in [0.4, 0.5) is 0 Å². The standard InChI is InChI=1S/C13H16N2O2/c1-2-3-8-14-15-13(16)12-9-10-6-4-5-7-11(10)17-12/h4-7,9,14H,2-3,8H2,1H3,(H,15,16). The molecule has 2 aromatic rings. The molecular formula is C13H16N2O2. The second-order valence-electron chi connectivity index (χ2n) is 3.88. The number of hydrogen-bond acceptors (Lipinski definition) is 3. The van der Waals surface area contributed by atoms with Gasteiger partial charge >= 0.3 is 5.91 Å². The molecule has 0 saturated carbocycles. The highest BCUT2D eigenvalue weighted by Gasteiger charge is 2.10. The van der Waals surface area contributed by atoms with Crippen LogP contribution in [0.2, 0.25) is 0 Å². The molecule has 1 aromatic carbocycles. The Morgan fingerprint density at radius 1 is 1.35 bits per heavy atom. The van der Waals surface area contributed by atoms with Crippen molar-refractivity contribution < 1.29 is 9.21 Å². The minimum atomic E-state index is -0.239. The number of nitrogens with one attached hydrogen (secondary N) is 2. The van der Waals surface area contributed by atoms with Crippen molar-refractivity contribution in [1.82, 2.24) is 10.9 Å². The van der Waals surface area contributed by atoms with Gasteiger partial charge in [0.1, 0.15) is 5.58 Å². The molecule has 1 amide bonds. The number of carbonyl (C=O) groups is 1. The molecule has 1 aromatic heterocycles. The normalized spacial score (nSPS) is 10.6. The van der Waals surface area contributed by atoms with Gasteiger partial charge in [-0.15, -0.1) is 0 Å². The molecule has 17 heavy (non-hydrogen) atoms. The van der Waals surface area contributed by atoms with Gasteiger partial charge in [-0.2, -0.15) is 0 Å². The van der Waals surface area contributed by atoms with Gasteiger partial charge in [0.05, 0.1) is 0 Å². The number of furan rings is 1. The van der Waals surface area contributed by atoms with E-state index >= 15 is 0 Å². The van der Waals surface area contributed by atoms with E-state index in [0.29, 0.717) is 5.76 Å². The van der Waals surface area contributed by atoms with E-state index in [2.05, 4.69) is 17.8 Å². The van der Waals surface area contributed by atoms with Crippen LogP contribution in [0.1, 0.15) is 30.3 Å². The van der Waals surface area contributed by atoms with Crippen molar-refractivity contribution in [1.29, 1.82) is 0 Å². The van der Waals surface area contributed by atoms with Crippen molar-refractivity contribution in [2.45, 2.75) is 19.8 Å². The minimum Gasteiger partial charge on any atom is -0.451 e. The summed E-state index contributed by atoms with van der Waals surface area (Å²) in [4.78, 5) is 11.7. The van der Waals surface area contributed by atoms with E-state index in [9.17, 15) is 4.79 Å². The van der Waals surface area contributed by atoms with Crippen LogP contribution >= 0.6 is 0 Å². The van der Waals surface area contributed by atoms with Crippen LogP contribution in [-0.4, -0.2) is 12.5 Å². The van der Waals surface area contributed by atoms with E-state index in [-0.39, 0.29) is 5.91 Å². The van der Waals surface area contributed by atoms with Gasteiger partial charge in [-0.1, -0.05) is 31.5 Å². The fourth-order valence-electron chi connectivity index (χ4n) is 1.56. The van der Waals surface area contributed by atoms with Gasteiger partial charge in [-0.3, -0.25) is 10.2 Å². The van der Waals surface area contributed by atoms with Crippen LogP contribution in [0, 0.1) is 0 Å². The Hall–Kier alpha value is -1.81. The third kappa shape index (κ3) is 2.85. The van der Waals surface area contributed by atoms with Crippen LogP contribution in [0.5, 0.6) is 0 Å². The summed E-state index contributed by atoms with van der Waals surface area (Å²) in [5.74, 6) is 0.0903. The van der Waals surface area contributed by atoms with E-state index in [4.69, 9.17) is 4.42 Å². The second kappa shape index (κ2) is 5.50. The summed E-state index contributed by atoms with van der Waals surface area (Å²) in [6.45, 7) is 2.87. The predicted octanol–water partition coefficient (Wildman–Crippen LogP) is 2.47. The van der Waals surface area contributed by atoms with Gasteiger partial charge in [-0.25, -0.2) is 5.43 Å². The molecule has 0 fully saturated rings. The number of carbonyl (C=O) groups excluding carboxylic acids is 1. The number of amides is 1. The van der Waals surface area contributed by atoms with Crippen LogP contribution in [-0.2, 0) is 0 Å². The van der Waals surface area contributed by atoms with Crippen molar-refractivity contribution >= 4 is 16.9 Å². The molecule has 0 spiro atoms. The molecule has 2 N–H and O–H groups in total. The highest BCUT2D eigenvalue weighted by atomic mass is 16.3. The van der Waals surface area contributed by atoms with Gasteiger partial charge in [0, 0.05) is 11.9 Å². The SMILES string of the molecule is CCCCNNC(=O)c1cc2ccccc2o1. The summed E-state index contributed by atoms with van der Waals surface area (Å²) in [5, 5.41) is 0.936. The third-order valence-electron chi connectivity index (χ3n) is 2.51. The Kier molecular flexibility index (Phi) is 3.77. The number of hydrazine groups is 1. The van der Waals surface area contributed by atoms with Gasteiger partial charge in [-0.05, 0) is 18.6 Å². The molecule has 0 bridgehead atoms. The number of hydrogen-bond donors (Lipinski definition) is 2. The molecule has 90 valence electrons. The third-order valence-corrected chi connectivity index (χ3v) is 2.51. The minimum absolute atomic E-state index is 0.239. The highest BCUT2D eigenvalue weighted by molar-refractivity contribution is 5.95. The van der Waals surface area contributed by atoms with Crippen molar-refractivity contribution in [2.24, 2.45) is 0 Å². The topological polar surface area (TPSA) is 54.3 Å². The fraction of sp³-hybridized carbons (Fsp3) is 0.308. The zero-order valence-electron chi connectivity index (χ0n) is 9.82. The zero-order chi connectivity index (χ0) is 12.1. The van der Waals surface area contributed by atoms with Crippen molar-refractivity contribution in [3.63, 3.8) is 0 Å². The lowest BCUT2D eigenvalue weighted by atomic mass is 10.2. The summed E-state index contributed by atoms with van der Waals surface area (Å²) in [6.07, 6.45) is 2.12. The molecule has 2 rings (SSSR count). The predicted molar refractivity (Wildman–Crippen MR) is 66.6 cm³/mol. The molecular weight excluding hydrogens is 216 g/mol. The number of fused-ring (bicyclic) bond motifs is 1. The smallest absolute Gasteiger partial charge is 0.301 e. The lowest BCUT2D eigenvalue weighted by Gasteiger charge is -2.03. The number of rotatable bonds is 5. The average molecular weight is 232 g/mol. The quantitative estimate of drug-likeness (QED) is 0.615. The first-order valence-electron chi connectivity index (χ1n) is 5.83. The van der Waals surface area contributed by atoms with Crippen molar-refractivity contribution in [3.05, 3.63) is 36.1 Å². The molecule has 0 radical (unpaired) electrons. The average Bonchev–Trinajstić information content (AvgIpc) is 2.78. The van der Waals surface area contributed by atoms with Gasteiger partial charge < -0.3 is 4.42 Å². The van der Waals surface area contributed by atoms with Crippen molar-refractivity contribution in [2.75, 3.05) is 6.54 Å². The first-order valence-corrected chi connectivity index (χ1v) is 5.83. The monoisotopic (exact) mass is 232 g/mol.